The average molecular weight is 296 g/mol. The second kappa shape index (κ2) is 5.51. The van der Waals surface area contributed by atoms with E-state index in [0.29, 0.717) is 17.7 Å². The maximum atomic E-state index is 9.91. The van der Waals surface area contributed by atoms with E-state index in [9.17, 15) is 5.11 Å². The summed E-state index contributed by atoms with van der Waals surface area (Å²) in [6.45, 7) is 3.31. The van der Waals surface area contributed by atoms with Gasteiger partial charge in [0.15, 0.2) is 0 Å². The summed E-state index contributed by atoms with van der Waals surface area (Å²) in [7, 11) is 2.17. The number of hydrogen-bond acceptors (Lipinski definition) is 4. The lowest BCUT2D eigenvalue weighted by Crippen LogP contribution is -2.61. The second-order valence-electron chi connectivity index (χ2n) is 6.15. The van der Waals surface area contributed by atoms with Crippen molar-refractivity contribution in [2.75, 3.05) is 38.2 Å². The Balaban J connectivity index is 1.81. The fourth-order valence-corrected chi connectivity index (χ4v) is 3.89. The lowest BCUT2D eigenvalue weighted by Gasteiger charge is -2.53. The lowest BCUT2D eigenvalue weighted by molar-refractivity contribution is -0.0277. The highest BCUT2D eigenvalue weighted by Crippen LogP contribution is 2.42. The number of likely N-dealkylation sites (N-methyl/N-ethyl adjacent to an activating group) is 1. The highest BCUT2D eigenvalue weighted by Gasteiger charge is 2.46. The first kappa shape index (κ1) is 14.1. The van der Waals surface area contributed by atoms with Crippen LogP contribution in [-0.4, -0.2) is 54.3 Å². The highest BCUT2D eigenvalue weighted by molar-refractivity contribution is 6.30. The third kappa shape index (κ3) is 2.41. The Morgan fingerprint density at radius 3 is 2.95 bits per heavy atom. The minimum atomic E-state index is 0.0793. The summed E-state index contributed by atoms with van der Waals surface area (Å²) in [6, 6.07) is 4.28. The quantitative estimate of drug-likeness (QED) is 0.906. The summed E-state index contributed by atoms with van der Waals surface area (Å²) < 4.78 is 0. The smallest absolute Gasteiger partial charge is 0.128 e. The van der Waals surface area contributed by atoms with Crippen molar-refractivity contribution < 1.29 is 5.11 Å². The third-order valence-electron chi connectivity index (χ3n) is 5.05. The molecule has 5 heteroatoms. The van der Waals surface area contributed by atoms with Gasteiger partial charge in [-0.15, -0.1) is 0 Å². The van der Waals surface area contributed by atoms with E-state index >= 15 is 0 Å². The molecule has 0 spiro atoms. The molecule has 0 radical (unpaired) electrons. The molecule has 0 aliphatic carbocycles. The van der Waals surface area contributed by atoms with Gasteiger partial charge in [-0.3, -0.25) is 0 Å². The number of fused-ring (bicyclic) bond motifs is 1. The molecule has 1 N–H and O–H groups in total. The Hall–Kier alpha value is -0.840. The molecule has 4 nitrogen and oxygen atoms in total. The van der Waals surface area contributed by atoms with Crippen LogP contribution in [0.25, 0.3) is 0 Å². The molecule has 20 heavy (non-hydrogen) atoms. The maximum absolute atomic E-state index is 9.91. The minimum Gasteiger partial charge on any atom is -0.396 e. The molecule has 1 aromatic rings. The van der Waals surface area contributed by atoms with E-state index in [1.54, 1.807) is 6.20 Å². The van der Waals surface area contributed by atoms with Crippen molar-refractivity contribution in [3.05, 3.63) is 23.4 Å². The number of nitrogens with zero attached hydrogens (tertiary/aromatic N) is 3. The number of hydrogen-bond donors (Lipinski definition) is 1. The first-order valence-corrected chi connectivity index (χ1v) is 7.70. The van der Waals surface area contributed by atoms with Gasteiger partial charge in [0.05, 0.1) is 11.6 Å². The van der Waals surface area contributed by atoms with Crippen LogP contribution in [0.15, 0.2) is 18.3 Å². The van der Waals surface area contributed by atoms with Gasteiger partial charge in [0, 0.05) is 30.7 Å². The van der Waals surface area contributed by atoms with Gasteiger partial charge in [0.1, 0.15) is 5.82 Å². The van der Waals surface area contributed by atoms with Crippen molar-refractivity contribution in [2.24, 2.45) is 5.41 Å². The second-order valence-corrected chi connectivity index (χ2v) is 6.59. The van der Waals surface area contributed by atoms with Crippen LogP contribution in [0.4, 0.5) is 5.82 Å². The van der Waals surface area contributed by atoms with Gasteiger partial charge in [-0.05, 0) is 45.0 Å². The number of aromatic nitrogens is 1. The number of halogens is 1. The normalized spacial score (nSPS) is 31.1. The van der Waals surface area contributed by atoms with Crippen molar-refractivity contribution >= 4 is 17.4 Å². The van der Waals surface area contributed by atoms with Gasteiger partial charge >= 0.3 is 0 Å². The van der Waals surface area contributed by atoms with E-state index in [-0.39, 0.29) is 5.41 Å². The molecule has 2 saturated heterocycles. The summed E-state index contributed by atoms with van der Waals surface area (Å²) in [5.74, 6) is 0.986. The van der Waals surface area contributed by atoms with Gasteiger partial charge in [-0.1, -0.05) is 11.6 Å². The molecule has 3 rings (SSSR count). The predicted molar refractivity (Wildman–Crippen MR) is 81.2 cm³/mol. The first-order valence-electron chi connectivity index (χ1n) is 7.32. The van der Waals surface area contributed by atoms with E-state index < -0.39 is 0 Å². The van der Waals surface area contributed by atoms with E-state index in [1.165, 1.54) is 6.42 Å². The fraction of sp³-hybridized carbons (Fsp3) is 0.667. The molecule has 2 atom stereocenters. The summed E-state index contributed by atoms with van der Waals surface area (Å²) in [4.78, 5) is 9.15. The van der Waals surface area contributed by atoms with Gasteiger partial charge in [-0.2, -0.15) is 0 Å². The fourth-order valence-electron chi connectivity index (χ4n) is 3.78. The van der Waals surface area contributed by atoms with Crippen LogP contribution in [0.3, 0.4) is 0 Å². The molecule has 3 heterocycles. The number of piperidine rings is 2. The standard InChI is InChI=1S/C15H22ClN3O/c1-18-7-2-5-15(11-20)6-8-19(10-13(15)18)14-4-3-12(16)9-17-14/h3-4,9,13,20H,2,5-8,10-11H2,1H3/t13-,15-/m1/s1. The van der Waals surface area contributed by atoms with E-state index in [0.717, 1.165) is 38.3 Å². The van der Waals surface area contributed by atoms with Crippen LogP contribution in [0, 0.1) is 5.41 Å². The topological polar surface area (TPSA) is 39.6 Å². The Morgan fingerprint density at radius 1 is 1.40 bits per heavy atom. The van der Waals surface area contributed by atoms with Crippen molar-refractivity contribution in [1.29, 1.82) is 0 Å². The van der Waals surface area contributed by atoms with Crippen molar-refractivity contribution in [3.8, 4) is 0 Å². The van der Waals surface area contributed by atoms with Gasteiger partial charge in [0.25, 0.3) is 0 Å². The Bertz CT molecular complexity index is 467. The monoisotopic (exact) mass is 295 g/mol. The summed E-state index contributed by atoms with van der Waals surface area (Å²) >= 11 is 5.91. The predicted octanol–water partition coefficient (Wildman–Crippen LogP) is 2.02. The maximum Gasteiger partial charge on any atom is 0.128 e. The van der Waals surface area contributed by atoms with Gasteiger partial charge in [0.2, 0.25) is 0 Å². The number of aliphatic hydroxyl groups excluding tert-OH is 1. The van der Waals surface area contributed by atoms with Crippen LogP contribution in [0.2, 0.25) is 5.02 Å². The van der Waals surface area contributed by atoms with Crippen molar-refractivity contribution in [2.45, 2.75) is 25.3 Å². The molecule has 1 aromatic heterocycles. The minimum absolute atomic E-state index is 0.0793. The summed E-state index contributed by atoms with van der Waals surface area (Å²) in [6.07, 6.45) is 5.06. The first-order chi connectivity index (χ1) is 9.64. The molecule has 2 aliphatic rings. The summed E-state index contributed by atoms with van der Waals surface area (Å²) in [5.41, 5.74) is 0.0793. The molecule has 2 aliphatic heterocycles. The molecule has 0 amide bonds. The number of pyridine rings is 1. The lowest BCUT2D eigenvalue weighted by atomic mass is 9.69. The molecule has 2 fully saturated rings. The van der Waals surface area contributed by atoms with Crippen LogP contribution in [0.5, 0.6) is 0 Å². The SMILES string of the molecule is CN1CCC[C@]2(CO)CCN(c3ccc(Cl)cn3)C[C@@H]12. The largest absolute Gasteiger partial charge is 0.396 e. The van der Waals surface area contributed by atoms with Crippen LogP contribution in [-0.2, 0) is 0 Å². The Labute approximate surface area is 125 Å². The molecular formula is C15H22ClN3O. The Kier molecular flexibility index (Phi) is 3.89. The number of aliphatic hydroxyl groups is 1. The van der Waals surface area contributed by atoms with E-state index in [1.807, 2.05) is 12.1 Å². The van der Waals surface area contributed by atoms with Crippen molar-refractivity contribution in [1.82, 2.24) is 9.88 Å². The number of anilines is 1. The van der Waals surface area contributed by atoms with Gasteiger partial charge < -0.3 is 14.9 Å². The van der Waals surface area contributed by atoms with Crippen LogP contribution in [0.1, 0.15) is 19.3 Å². The molecule has 0 bridgehead atoms. The Morgan fingerprint density at radius 2 is 2.25 bits per heavy atom. The summed E-state index contributed by atoms with van der Waals surface area (Å²) in [5, 5.41) is 10.6. The molecule has 0 saturated carbocycles. The molecule has 0 unspecified atom stereocenters. The molecule has 0 aromatic carbocycles. The van der Waals surface area contributed by atoms with Crippen molar-refractivity contribution in [3.63, 3.8) is 0 Å². The zero-order chi connectivity index (χ0) is 14.2. The number of rotatable bonds is 2. The van der Waals surface area contributed by atoms with E-state index in [2.05, 4.69) is 21.8 Å². The molecule has 110 valence electrons. The highest BCUT2D eigenvalue weighted by atomic mass is 35.5. The van der Waals surface area contributed by atoms with Crippen LogP contribution < -0.4 is 4.90 Å². The zero-order valence-electron chi connectivity index (χ0n) is 11.9. The molecular weight excluding hydrogens is 274 g/mol. The van der Waals surface area contributed by atoms with E-state index in [4.69, 9.17) is 11.6 Å². The zero-order valence-corrected chi connectivity index (χ0v) is 12.7. The number of likely N-dealkylation sites (tertiary alicyclic amines) is 1. The third-order valence-corrected chi connectivity index (χ3v) is 5.27. The average Bonchev–Trinajstić information content (AvgIpc) is 2.48. The van der Waals surface area contributed by atoms with Gasteiger partial charge in [-0.25, -0.2) is 4.98 Å². The van der Waals surface area contributed by atoms with Crippen LogP contribution >= 0.6 is 11.6 Å².